The fourth-order valence-corrected chi connectivity index (χ4v) is 4.43. The average molecular weight is 345 g/mol. The normalized spacial score (nSPS) is 25.5. The van der Waals surface area contributed by atoms with E-state index in [9.17, 15) is 0 Å². The van der Waals surface area contributed by atoms with Gasteiger partial charge in [0.2, 0.25) is 0 Å². The highest BCUT2D eigenvalue weighted by Gasteiger charge is 2.40. The van der Waals surface area contributed by atoms with Gasteiger partial charge in [-0.2, -0.15) is 0 Å². The molecule has 2 aliphatic rings. The number of fused-ring (bicyclic) bond motifs is 2. The molecule has 3 aromatic rings. The number of aromatic nitrogens is 1. The maximum atomic E-state index is 6.65. The van der Waals surface area contributed by atoms with Gasteiger partial charge in [0.15, 0.2) is 0 Å². The molecule has 2 N–H and O–H groups in total. The molecule has 5 rings (SSSR count). The van der Waals surface area contributed by atoms with E-state index in [0.717, 1.165) is 42.6 Å². The average Bonchev–Trinajstić information content (AvgIpc) is 3.26. The predicted octanol–water partition coefficient (Wildman–Crippen LogP) is 3.31. The van der Waals surface area contributed by atoms with Crippen molar-refractivity contribution in [2.45, 2.75) is 31.0 Å². The highest BCUT2D eigenvalue weighted by molar-refractivity contribution is 5.84. The lowest BCUT2D eigenvalue weighted by Gasteiger charge is -2.30. The SMILES string of the molecule is NC1CCN([C@@H]2Cc3ccccc3[C@H]2Oc2ccnc3ccccc23)C1. The lowest BCUT2D eigenvalue weighted by molar-refractivity contribution is 0.0945. The molecular weight excluding hydrogens is 322 g/mol. The molecule has 132 valence electrons. The maximum Gasteiger partial charge on any atom is 0.140 e. The van der Waals surface area contributed by atoms with Crippen LogP contribution in [0.2, 0.25) is 0 Å². The van der Waals surface area contributed by atoms with Gasteiger partial charge in [-0.15, -0.1) is 0 Å². The van der Waals surface area contributed by atoms with Crippen LogP contribution in [0.1, 0.15) is 23.7 Å². The molecule has 4 heteroatoms. The summed E-state index contributed by atoms with van der Waals surface area (Å²) in [4.78, 5) is 6.97. The molecule has 4 nitrogen and oxygen atoms in total. The monoisotopic (exact) mass is 345 g/mol. The number of ether oxygens (including phenoxy) is 1. The van der Waals surface area contributed by atoms with Crippen molar-refractivity contribution in [1.29, 1.82) is 0 Å². The fourth-order valence-electron chi connectivity index (χ4n) is 4.43. The van der Waals surface area contributed by atoms with Crippen LogP contribution >= 0.6 is 0 Å². The van der Waals surface area contributed by atoms with Gasteiger partial charge in [0.25, 0.3) is 0 Å². The Hall–Kier alpha value is -2.43. The predicted molar refractivity (Wildman–Crippen MR) is 103 cm³/mol. The number of rotatable bonds is 3. The van der Waals surface area contributed by atoms with Gasteiger partial charge in [0.05, 0.1) is 11.6 Å². The number of para-hydroxylation sites is 1. The molecule has 1 aliphatic heterocycles. The Morgan fingerprint density at radius 3 is 2.77 bits per heavy atom. The van der Waals surface area contributed by atoms with Crippen LogP contribution in [-0.2, 0) is 6.42 Å². The molecule has 0 spiro atoms. The number of nitrogens with zero attached hydrogens (tertiary/aromatic N) is 2. The summed E-state index contributed by atoms with van der Waals surface area (Å²) in [5, 5.41) is 1.07. The molecule has 26 heavy (non-hydrogen) atoms. The standard InChI is InChI=1S/C22H23N3O/c23-16-10-12-25(14-16)20-13-15-5-1-2-6-17(15)22(20)26-21-9-11-24-19-8-4-3-7-18(19)21/h1-9,11,16,20,22H,10,12-14,23H2/t16?,20-,22-/m1/s1. The van der Waals surface area contributed by atoms with Crippen molar-refractivity contribution in [1.82, 2.24) is 9.88 Å². The minimum absolute atomic E-state index is 0.0299. The van der Waals surface area contributed by atoms with Crippen LogP contribution in [0.3, 0.4) is 0 Å². The second kappa shape index (κ2) is 6.38. The zero-order valence-electron chi connectivity index (χ0n) is 14.7. The number of nitrogens with two attached hydrogens (primary N) is 1. The van der Waals surface area contributed by atoms with Crippen LogP contribution in [-0.4, -0.2) is 35.1 Å². The molecule has 2 aromatic carbocycles. The number of pyridine rings is 1. The summed E-state index contributed by atoms with van der Waals surface area (Å²) in [5.74, 6) is 0.908. The van der Waals surface area contributed by atoms with E-state index in [1.165, 1.54) is 11.1 Å². The van der Waals surface area contributed by atoms with Gasteiger partial charge in [-0.1, -0.05) is 36.4 Å². The Kier molecular flexibility index (Phi) is 3.88. The van der Waals surface area contributed by atoms with E-state index in [2.05, 4.69) is 40.2 Å². The van der Waals surface area contributed by atoms with E-state index >= 15 is 0 Å². The van der Waals surface area contributed by atoms with Crippen molar-refractivity contribution in [2.24, 2.45) is 5.73 Å². The third-order valence-corrected chi connectivity index (χ3v) is 5.73. The molecule has 0 amide bonds. The molecule has 1 saturated heterocycles. The van der Waals surface area contributed by atoms with Crippen molar-refractivity contribution in [3.8, 4) is 5.75 Å². The van der Waals surface area contributed by atoms with Gasteiger partial charge in [-0.3, -0.25) is 9.88 Å². The Balaban J connectivity index is 1.53. The molecule has 1 fully saturated rings. The highest BCUT2D eigenvalue weighted by atomic mass is 16.5. The first-order valence-corrected chi connectivity index (χ1v) is 9.37. The van der Waals surface area contributed by atoms with Crippen LogP contribution in [0.25, 0.3) is 10.9 Å². The summed E-state index contributed by atoms with van der Waals surface area (Å²) in [6, 6.07) is 19.4. The van der Waals surface area contributed by atoms with Crippen LogP contribution in [0.5, 0.6) is 5.75 Å². The van der Waals surface area contributed by atoms with Crippen LogP contribution in [0.4, 0.5) is 0 Å². The molecular formula is C22H23N3O. The Morgan fingerprint density at radius 2 is 1.88 bits per heavy atom. The largest absolute Gasteiger partial charge is 0.483 e. The van der Waals surface area contributed by atoms with E-state index in [1.54, 1.807) is 0 Å². The number of hydrogen-bond donors (Lipinski definition) is 1. The van der Waals surface area contributed by atoms with E-state index < -0.39 is 0 Å². The summed E-state index contributed by atoms with van der Waals surface area (Å²) in [5.41, 5.74) is 9.84. The molecule has 0 bridgehead atoms. The molecule has 1 unspecified atom stereocenters. The van der Waals surface area contributed by atoms with Gasteiger partial charge in [-0.25, -0.2) is 0 Å². The maximum absolute atomic E-state index is 6.65. The fraction of sp³-hybridized carbons (Fsp3) is 0.318. The van der Waals surface area contributed by atoms with E-state index in [-0.39, 0.29) is 12.1 Å². The van der Waals surface area contributed by atoms with E-state index in [1.807, 2.05) is 30.5 Å². The van der Waals surface area contributed by atoms with Crippen molar-refractivity contribution in [3.63, 3.8) is 0 Å². The zero-order chi connectivity index (χ0) is 17.5. The van der Waals surface area contributed by atoms with Crippen molar-refractivity contribution in [2.75, 3.05) is 13.1 Å². The minimum atomic E-state index is 0.0299. The van der Waals surface area contributed by atoms with Crippen LogP contribution in [0, 0.1) is 0 Å². The Morgan fingerprint density at radius 1 is 1.04 bits per heavy atom. The summed E-state index contributed by atoms with van der Waals surface area (Å²) in [7, 11) is 0. The summed E-state index contributed by atoms with van der Waals surface area (Å²) in [6.07, 6.45) is 3.95. The molecule has 3 atom stereocenters. The van der Waals surface area contributed by atoms with Crippen molar-refractivity contribution >= 4 is 10.9 Å². The number of likely N-dealkylation sites (tertiary alicyclic amines) is 1. The van der Waals surface area contributed by atoms with Gasteiger partial charge in [-0.05, 0) is 42.2 Å². The van der Waals surface area contributed by atoms with Gasteiger partial charge < -0.3 is 10.5 Å². The van der Waals surface area contributed by atoms with Crippen molar-refractivity contribution in [3.05, 3.63) is 71.9 Å². The lowest BCUT2D eigenvalue weighted by Crippen LogP contribution is -2.40. The first-order valence-electron chi connectivity index (χ1n) is 9.37. The van der Waals surface area contributed by atoms with Crippen LogP contribution in [0.15, 0.2) is 60.8 Å². The zero-order valence-corrected chi connectivity index (χ0v) is 14.7. The Bertz CT molecular complexity index is 936. The van der Waals surface area contributed by atoms with Crippen molar-refractivity contribution < 1.29 is 4.74 Å². The number of benzene rings is 2. The second-order valence-corrected chi connectivity index (χ2v) is 7.38. The smallest absolute Gasteiger partial charge is 0.140 e. The van der Waals surface area contributed by atoms with Gasteiger partial charge in [0, 0.05) is 30.7 Å². The molecule has 1 aromatic heterocycles. The van der Waals surface area contributed by atoms with E-state index in [0.29, 0.717) is 6.04 Å². The third-order valence-electron chi connectivity index (χ3n) is 5.73. The lowest BCUT2D eigenvalue weighted by atomic mass is 10.1. The molecule has 0 saturated carbocycles. The quantitative estimate of drug-likeness (QED) is 0.791. The second-order valence-electron chi connectivity index (χ2n) is 7.38. The highest BCUT2D eigenvalue weighted by Crippen LogP contribution is 2.40. The molecule has 2 heterocycles. The first kappa shape index (κ1) is 15.8. The van der Waals surface area contributed by atoms with Gasteiger partial charge >= 0.3 is 0 Å². The minimum Gasteiger partial charge on any atom is -0.483 e. The van der Waals surface area contributed by atoms with Gasteiger partial charge in [0.1, 0.15) is 11.9 Å². The summed E-state index contributed by atoms with van der Waals surface area (Å²) < 4.78 is 6.65. The summed E-state index contributed by atoms with van der Waals surface area (Å²) >= 11 is 0. The first-order chi connectivity index (χ1) is 12.8. The molecule has 0 radical (unpaired) electrons. The molecule has 1 aliphatic carbocycles. The third kappa shape index (κ3) is 2.66. The van der Waals surface area contributed by atoms with E-state index in [4.69, 9.17) is 10.5 Å². The summed E-state index contributed by atoms with van der Waals surface area (Å²) in [6.45, 7) is 2.01. The number of hydrogen-bond acceptors (Lipinski definition) is 4. The topological polar surface area (TPSA) is 51.4 Å². The Labute approximate surface area is 153 Å². The van der Waals surface area contributed by atoms with Crippen LogP contribution < -0.4 is 10.5 Å².